The summed E-state index contributed by atoms with van der Waals surface area (Å²) >= 11 is 1.36. The molecule has 2 N–H and O–H groups in total. The van der Waals surface area contributed by atoms with Crippen molar-refractivity contribution in [3.8, 4) is 0 Å². The quantitative estimate of drug-likeness (QED) is 0.885. The fraction of sp³-hybridized carbons (Fsp3) is 0.750. The second-order valence-corrected chi connectivity index (χ2v) is 8.02. The molecule has 118 valence electrons. The molecule has 0 aliphatic carbocycles. The normalized spacial score (nSPS) is 26.0. The van der Waals surface area contributed by atoms with Crippen LogP contribution in [0.3, 0.4) is 0 Å². The second kappa shape index (κ2) is 6.17. The SMILES string of the molecule is Nc1nc(C2CCCCN2S(=O)(=O)N2CCOCC2)cs1. The molecule has 1 aromatic heterocycles. The maximum atomic E-state index is 12.9. The molecule has 9 heteroatoms. The lowest BCUT2D eigenvalue weighted by atomic mass is 10.0. The smallest absolute Gasteiger partial charge is 0.282 e. The van der Waals surface area contributed by atoms with Gasteiger partial charge >= 0.3 is 0 Å². The number of anilines is 1. The topological polar surface area (TPSA) is 88.8 Å². The Balaban J connectivity index is 1.86. The Morgan fingerprint density at radius 3 is 2.71 bits per heavy atom. The summed E-state index contributed by atoms with van der Waals surface area (Å²) in [5, 5.41) is 2.35. The van der Waals surface area contributed by atoms with E-state index in [9.17, 15) is 8.42 Å². The molecule has 2 fully saturated rings. The van der Waals surface area contributed by atoms with E-state index in [2.05, 4.69) is 4.98 Å². The molecule has 0 bridgehead atoms. The van der Waals surface area contributed by atoms with Crippen LogP contribution in [0.2, 0.25) is 0 Å². The highest BCUT2D eigenvalue weighted by Crippen LogP contribution is 2.35. The van der Waals surface area contributed by atoms with Crippen LogP contribution in [0.15, 0.2) is 5.38 Å². The Labute approximate surface area is 128 Å². The molecule has 3 rings (SSSR count). The molecule has 1 aromatic rings. The van der Waals surface area contributed by atoms with E-state index >= 15 is 0 Å². The van der Waals surface area contributed by atoms with Gasteiger partial charge in [0.2, 0.25) is 0 Å². The average molecular weight is 332 g/mol. The molecule has 0 aromatic carbocycles. The van der Waals surface area contributed by atoms with E-state index in [4.69, 9.17) is 10.5 Å². The summed E-state index contributed by atoms with van der Waals surface area (Å²) in [5.74, 6) is 0. The minimum atomic E-state index is -3.46. The van der Waals surface area contributed by atoms with E-state index in [1.807, 2.05) is 5.38 Å². The summed E-state index contributed by atoms with van der Waals surface area (Å²) < 4.78 is 34.1. The van der Waals surface area contributed by atoms with E-state index < -0.39 is 10.2 Å². The first-order valence-corrected chi connectivity index (χ1v) is 9.42. The van der Waals surface area contributed by atoms with E-state index in [1.54, 1.807) is 4.31 Å². The first kappa shape index (κ1) is 15.2. The van der Waals surface area contributed by atoms with Gasteiger partial charge in [-0.3, -0.25) is 0 Å². The lowest BCUT2D eigenvalue weighted by Crippen LogP contribution is -2.50. The van der Waals surface area contributed by atoms with Gasteiger partial charge in [0, 0.05) is 25.0 Å². The minimum Gasteiger partial charge on any atom is -0.379 e. The van der Waals surface area contributed by atoms with Gasteiger partial charge in [0.25, 0.3) is 10.2 Å². The van der Waals surface area contributed by atoms with Gasteiger partial charge < -0.3 is 10.5 Å². The Morgan fingerprint density at radius 1 is 1.29 bits per heavy atom. The number of hydrogen-bond donors (Lipinski definition) is 1. The molecule has 0 amide bonds. The lowest BCUT2D eigenvalue weighted by Gasteiger charge is -2.38. The molecule has 7 nitrogen and oxygen atoms in total. The van der Waals surface area contributed by atoms with E-state index in [1.165, 1.54) is 15.6 Å². The summed E-state index contributed by atoms with van der Waals surface area (Å²) in [6.45, 7) is 2.31. The zero-order valence-corrected chi connectivity index (χ0v) is 13.4. The predicted molar refractivity (Wildman–Crippen MR) is 81.1 cm³/mol. The number of aromatic nitrogens is 1. The summed E-state index contributed by atoms with van der Waals surface area (Å²) in [7, 11) is -3.46. The van der Waals surface area contributed by atoms with Crippen LogP contribution in [0.5, 0.6) is 0 Å². The molecule has 1 unspecified atom stereocenters. The number of hydrogen-bond acceptors (Lipinski definition) is 6. The van der Waals surface area contributed by atoms with Crippen LogP contribution in [0.4, 0.5) is 5.13 Å². The maximum absolute atomic E-state index is 12.9. The van der Waals surface area contributed by atoms with Crippen molar-refractivity contribution in [1.82, 2.24) is 13.6 Å². The summed E-state index contributed by atoms with van der Waals surface area (Å²) in [6.07, 6.45) is 2.70. The van der Waals surface area contributed by atoms with Crippen molar-refractivity contribution in [2.75, 3.05) is 38.6 Å². The van der Waals surface area contributed by atoms with Gasteiger partial charge in [-0.25, -0.2) is 4.98 Å². The van der Waals surface area contributed by atoms with Crippen LogP contribution >= 0.6 is 11.3 Å². The van der Waals surface area contributed by atoms with Crippen LogP contribution in [0.25, 0.3) is 0 Å². The lowest BCUT2D eigenvalue weighted by molar-refractivity contribution is 0.0681. The summed E-state index contributed by atoms with van der Waals surface area (Å²) in [4.78, 5) is 4.29. The van der Waals surface area contributed by atoms with Crippen molar-refractivity contribution in [3.63, 3.8) is 0 Å². The number of ether oxygens (including phenoxy) is 1. The van der Waals surface area contributed by atoms with Crippen molar-refractivity contribution in [3.05, 3.63) is 11.1 Å². The van der Waals surface area contributed by atoms with E-state index in [0.717, 1.165) is 25.0 Å². The Hall–Kier alpha value is -0.740. The van der Waals surface area contributed by atoms with Gasteiger partial charge in [-0.1, -0.05) is 6.42 Å². The molecule has 3 heterocycles. The maximum Gasteiger partial charge on any atom is 0.282 e. The zero-order chi connectivity index (χ0) is 14.9. The standard InChI is InChI=1S/C12H20N4O3S2/c13-12-14-10(9-20-12)11-3-1-2-4-16(11)21(17,18)15-5-7-19-8-6-15/h9,11H,1-8H2,(H2,13,14). The van der Waals surface area contributed by atoms with Gasteiger partial charge in [-0.15, -0.1) is 11.3 Å². The van der Waals surface area contributed by atoms with Crippen molar-refractivity contribution < 1.29 is 13.2 Å². The second-order valence-electron chi connectivity index (χ2n) is 5.25. The Morgan fingerprint density at radius 2 is 2.05 bits per heavy atom. The molecule has 0 radical (unpaired) electrons. The highest BCUT2D eigenvalue weighted by molar-refractivity contribution is 7.86. The van der Waals surface area contributed by atoms with Crippen LogP contribution in [0.1, 0.15) is 31.0 Å². The Kier molecular flexibility index (Phi) is 4.46. The van der Waals surface area contributed by atoms with E-state index in [0.29, 0.717) is 38.0 Å². The predicted octanol–water partition coefficient (Wildman–Crippen LogP) is 0.829. The molecule has 0 spiro atoms. The zero-order valence-electron chi connectivity index (χ0n) is 11.8. The molecule has 21 heavy (non-hydrogen) atoms. The largest absolute Gasteiger partial charge is 0.379 e. The molecule has 0 saturated carbocycles. The average Bonchev–Trinajstić information content (AvgIpc) is 2.95. The van der Waals surface area contributed by atoms with Crippen molar-refractivity contribution in [2.45, 2.75) is 25.3 Å². The number of nitrogens with zero attached hydrogens (tertiary/aromatic N) is 3. The molecule has 2 aliphatic heterocycles. The van der Waals surface area contributed by atoms with Gasteiger partial charge in [0.1, 0.15) is 0 Å². The molecular weight excluding hydrogens is 312 g/mol. The van der Waals surface area contributed by atoms with Gasteiger partial charge in [-0.2, -0.15) is 17.0 Å². The van der Waals surface area contributed by atoms with Crippen LogP contribution in [-0.4, -0.2) is 54.9 Å². The van der Waals surface area contributed by atoms with E-state index in [-0.39, 0.29) is 6.04 Å². The van der Waals surface area contributed by atoms with Crippen molar-refractivity contribution in [1.29, 1.82) is 0 Å². The van der Waals surface area contributed by atoms with Crippen LogP contribution in [-0.2, 0) is 14.9 Å². The fourth-order valence-corrected chi connectivity index (χ4v) is 5.27. The summed E-state index contributed by atoms with van der Waals surface area (Å²) in [5.41, 5.74) is 6.47. The molecular formula is C12H20N4O3S2. The highest BCUT2D eigenvalue weighted by atomic mass is 32.2. The Bertz CT molecular complexity index is 583. The van der Waals surface area contributed by atoms with Gasteiger partial charge in [-0.05, 0) is 12.8 Å². The van der Waals surface area contributed by atoms with Crippen LogP contribution in [0, 0.1) is 0 Å². The van der Waals surface area contributed by atoms with Gasteiger partial charge in [0.15, 0.2) is 5.13 Å². The number of rotatable bonds is 3. The van der Waals surface area contributed by atoms with Crippen LogP contribution < -0.4 is 5.73 Å². The first-order valence-electron chi connectivity index (χ1n) is 7.14. The molecule has 1 atom stereocenters. The third-order valence-electron chi connectivity index (χ3n) is 3.93. The first-order chi connectivity index (χ1) is 10.1. The number of nitrogen functional groups attached to an aromatic ring is 1. The number of nitrogens with two attached hydrogens (primary N) is 1. The number of thiazole rings is 1. The fourth-order valence-electron chi connectivity index (χ4n) is 2.86. The monoisotopic (exact) mass is 332 g/mol. The minimum absolute atomic E-state index is 0.194. The van der Waals surface area contributed by atoms with Crippen molar-refractivity contribution in [2.24, 2.45) is 0 Å². The van der Waals surface area contributed by atoms with Crippen molar-refractivity contribution >= 4 is 26.7 Å². The van der Waals surface area contributed by atoms with Gasteiger partial charge in [0.05, 0.1) is 24.9 Å². The molecule has 2 saturated heterocycles. The third-order valence-corrected chi connectivity index (χ3v) is 6.67. The third kappa shape index (κ3) is 3.07. The number of piperidine rings is 1. The molecule has 2 aliphatic rings. The summed E-state index contributed by atoms with van der Waals surface area (Å²) in [6, 6.07) is -0.194. The number of morpholine rings is 1. The highest BCUT2D eigenvalue weighted by Gasteiger charge is 2.38.